The number of carbonyl (C=O) groups excluding carboxylic acids is 2. The van der Waals surface area contributed by atoms with E-state index in [1.807, 2.05) is 0 Å². The molecule has 2 amide bonds. The van der Waals surface area contributed by atoms with Gasteiger partial charge in [0.2, 0.25) is 11.8 Å². The number of methoxy groups -OCH3 is 2. The Bertz CT molecular complexity index is 758. The normalized spacial score (nSPS) is 26.6. The van der Waals surface area contributed by atoms with Crippen molar-refractivity contribution in [3.63, 3.8) is 0 Å². The van der Waals surface area contributed by atoms with Crippen LogP contribution in [0.2, 0.25) is 0 Å². The third-order valence-corrected chi connectivity index (χ3v) is 6.63. The van der Waals surface area contributed by atoms with Crippen LogP contribution in [0.15, 0.2) is 18.2 Å². The van der Waals surface area contributed by atoms with E-state index in [-0.39, 0.29) is 12.3 Å². The number of anilines is 1. The first-order valence-corrected chi connectivity index (χ1v) is 9.17. The number of nitrogens with zero attached hydrogens (tertiary/aromatic N) is 2. The largest absolute Gasteiger partial charge is 0.493 e. The monoisotopic (exact) mass is 420 g/mol. The third-order valence-electron chi connectivity index (χ3n) is 4.90. The Labute approximate surface area is 166 Å². The van der Waals surface area contributed by atoms with Crippen molar-refractivity contribution in [3.8, 4) is 11.5 Å². The molecule has 2 aliphatic rings. The summed E-state index contributed by atoms with van der Waals surface area (Å²) in [5, 5.41) is 0. The summed E-state index contributed by atoms with van der Waals surface area (Å²) in [4.78, 5) is 27.1. The molecule has 1 saturated heterocycles. The number of amides is 2. The summed E-state index contributed by atoms with van der Waals surface area (Å²) in [6, 6.07) is 4.62. The quantitative estimate of drug-likeness (QED) is 0.686. The molecule has 2 unspecified atom stereocenters. The maximum Gasteiger partial charge on any atom is 0.249 e. The highest BCUT2D eigenvalue weighted by atomic mass is 35.5. The van der Waals surface area contributed by atoms with E-state index in [4.69, 9.17) is 44.3 Å². The molecule has 0 radical (unpaired) electrons. The average Bonchev–Trinajstić information content (AvgIpc) is 2.94. The Balaban J connectivity index is 1.77. The van der Waals surface area contributed by atoms with Crippen molar-refractivity contribution in [1.29, 1.82) is 0 Å². The molecule has 0 bridgehead atoms. The molecule has 142 valence electrons. The molecule has 6 nitrogen and oxygen atoms in total. The average molecular weight is 422 g/mol. The van der Waals surface area contributed by atoms with Gasteiger partial charge in [0.25, 0.3) is 0 Å². The fourth-order valence-corrected chi connectivity index (χ4v) is 4.22. The van der Waals surface area contributed by atoms with E-state index in [2.05, 4.69) is 0 Å². The fraction of sp³-hybridized carbons (Fsp3) is 0.529. The Hall–Kier alpha value is -1.37. The number of ether oxygens (including phenoxy) is 2. The minimum absolute atomic E-state index is 0.161. The first-order valence-electron chi connectivity index (χ1n) is 8.03. The molecule has 1 aliphatic heterocycles. The van der Waals surface area contributed by atoms with Gasteiger partial charge in [-0.1, -0.05) is 23.2 Å². The second-order valence-electron chi connectivity index (χ2n) is 6.43. The van der Waals surface area contributed by atoms with Crippen molar-refractivity contribution in [2.75, 3.05) is 32.7 Å². The van der Waals surface area contributed by atoms with E-state index in [0.717, 1.165) is 0 Å². The van der Waals surface area contributed by atoms with E-state index in [1.165, 1.54) is 12.0 Å². The van der Waals surface area contributed by atoms with Crippen LogP contribution in [0.5, 0.6) is 11.5 Å². The maximum atomic E-state index is 12.9. The Kier molecular flexibility index (Phi) is 4.97. The number of benzene rings is 1. The molecular weight excluding hydrogens is 403 g/mol. The SMILES string of the molecule is COc1ccc(N2CCC(N(C)C(=O)C3(Cl)CC3(Cl)Cl)C2=O)cc1OC. The van der Waals surface area contributed by atoms with Gasteiger partial charge in [-0.15, -0.1) is 11.6 Å². The molecule has 3 rings (SSSR count). The van der Waals surface area contributed by atoms with Crippen LogP contribution >= 0.6 is 34.8 Å². The van der Waals surface area contributed by atoms with Crippen molar-refractivity contribution < 1.29 is 19.1 Å². The predicted molar refractivity (Wildman–Crippen MR) is 101 cm³/mol. The number of rotatable bonds is 5. The predicted octanol–water partition coefficient (Wildman–Crippen LogP) is 2.82. The van der Waals surface area contributed by atoms with Gasteiger partial charge in [0.1, 0.15) is 10.4 Å². The highest BCUT2D eigenvalue weighted by molar-refractivity contribution is 6.62. The van der Waals surface area contributed by atoms with Gasteiger partial charge in [0.05, 0.1) is 14.2 Å². The molecule has 1 aromatic carbocycles. The minimum atomic E-state index is -1.36. The number of alkyl halides is 3. The van der Waals surface area contributed by atoms with Crippen molar-refractivity contribution >= 4 is 52.3 Å². The second kappa shape index (κ2) is 6.66. The summed E-state index contributed by atoms with van der Waals surface area (Å²) in [5.41, 5.74) is 0.673. The molecule has 0 spiro atoms. The summed E-state index contributed by atoms with van der Waals surface area (Å²) < 4.78 is 9.21. The van der Waals surface area contributed by atoms with Crippen LogP contribution in [0, 0.1) is 0 Å². The first kappa shape index (κ1) is 19.4. The number of halogens is 3. The lowest BCUT2D eigenvalue weighted by atomic mass is 10.2. The van der Waals surface area contributed by atoms with Crippen LogP contribution in [0.1, 0.15) is 12.8 Å². The van der Waals surface area contributed by atoms with Crippen LogP contribution in [0.3, 0.4) is 0 Å². The van der Waals surface area contributed by atoms with Gasteiger partial charge in [0.15, 0.2) is 16.4 Å². The molecule has 1 aromatic rings. The molecule has 9 heteroatoms. The van der Waals surface area contributed by atoms with Crippen LogP contribution < -0.4 is 14.4 Å². The van der Waals surface area contributed by atoms with Crippen LogP contribution in [0.25, 0.3) is 0 Å². The second-order valence-corrected chi connectivity index (χ2v) is 8.56. The van der Waals surface area contributed by atoms with Gasteiger partial charge in [-0.2, -0.15) is 0 Å². The molecular formula is C17H19Cl3N2O4. The van der Waals surface area contributed by atoms with E-state index in [0.29, 0.717) is 30.2 Å². The number of likely N-dealkylation sites (N-methyl/N-ethyl adjacent to an activating group) is 1. The zero-order valence-corrected chi connectivity index (χ0v) is 16.9. The van der Waals surface area contributed by atoms with Gasteiger partial charge in [-0.05, 0) is 18.6 Å². The lowest BCUT2D eigenvalue weighted by Gasteiger charge is -2.26. The van der Waals surface area contributed by atoms with Crippen LogP contribution in [0.4, 0.5) is 5.69 Å². The highest BCUT2D eigenvalue weighted by Gasteiger charge is 2.72. The van der Waals surface area contributed by atoms with Crippen molar-refractivity contribution in [2.45, 2.75) is 28.1 Å². The molecule has 1 heterocycles. The molecule has 2 atom stereocenters. The Morgan fingerprint density at radius 3 is 2.38 bits per heavy atom. The third kappa shape index (κ3) is 2.98. The number of carbonyl (C=O) groups is 2. The van der Waals surface area contributed by atoms with E-state index in [9.17, 15) is 9.59 Å². The van der Waals surface area contributed by atoms with Gasteiger partial charge < -0.3 is 19.3 Å². The fourth-order valence-electron chi connectivity index (χ4n) is 3.19. The lowest BCUT2D eigenvalue weighted by molar-refractivity contribution is -0.137. The smallest absolute Gasteiger partial charge is 0.249 e. The summed E-state index contributed by atoms with van der Waals surface area (Å²) in [7, 11) is 4.63. The van der Waals surface area contributed by atoms with Gasteiger partial charge in [0, 0.05) is 31.8 Å². The lowest BCUT2D eigenvalue weighted by Crippen LogP contribution is -2.47. The molecule has 0 N–H and O–H groups in total. The molecule has 1 saturated carbocycles. The zero-order valence-electron chi connectivity index (χ0n) is 14.6. The summed E-state index contributed by atoms with van der Waals surface area (Å²) in [5.74, 6) is 0.475. The topological polar surface area (TPSA) is 59.1 Å². The Morgan fingerprint density at radius 2 is 1.85 bits per heavy atom. The van der Waals surface area contributed by atoms with Crippen molar-refractivity contribution in [1.82, 2.24) is 4.90 Å². The van der Waals surface area contributed by atoms with Crippen LogP contribution in [-0.4, -0.2) is 59.8 Å². The maximum absolute atomic E-state index is 12.9. The molecule has 1 aliphatic carbocycles. The van der Waals surface area contributed by atoms with Gasteiger partial charge in [-0.25, -0.2) is 0 Å². The summed E-state index contributed by atoms with van der Waals surface area (Å²) >= 11 is 18.2. The first-order chi connectivity index (χ1) is 12.2. The number of hydrogen-bond donors (Lipinski definition) is 0. The highest BCUT2D eigenvalue weighted by Crippen LogP contribution is 2.62. The van der Waals surface area contributed by atoms with E-state index < -0.39 is 21.2 Å². The standard InChI is InChI=1S/C17H19Cl3N2O4/c1-21(15(24)16(18)9-17(16,19)20)11-6-7-22(14(11)23)10-4-5-12(25-2)13(8-10)26-3/h4-5,8,11H,6-7,9H2,1-3H3. The minimum Gasteiger partial charge on any atom is -0.493 e. The molecule has 2 fully saturated rings. The van der Waals surface area contributed by atoms with Crippen molar-refractivity contribution in [3.05, 3.63) is 18.2 Å². The van der Waals surface area contributed by atoms with Crippen molar-refractivity contribution in [2.24, 2.45) is 0 Å². The molecule has 26 heavy (non-hydrogen) atoms. The van der Waals surface area contributed by atoms with Gasteiger partial charge in [-0.3, -0.25) is 9.59 Å². The van der Waals surface area contributed by atoms with E-state index >= 15 is 0 Å². The van der Waals surface area contributed by atoms with Gasteiger partial charge >= 0.3 is 0 Å². The van der Waals surface area contributed by atoms with E-state index in [1.54, 1.807) is 37.3 Å². The Morgan fingerprint density at radius 1 is 1.23 bits per heavy atom. The zero-order chi connectivity index (χ0) is 19.3. The van der Waals surface area contributed by atoms with Crippen LogP contribution in [-0.2, 0) is 9.59 Å². The summed E-state index contributed by atoms with van der Waals surface area (Å²) in [6.45, 7) is 0.471. The number of hydrogen-bond acceptors (Lipinski definition) is 4. The molecule has 0 aromatic heterocycles. The summed E-state index contributed by atoms with van der Waals surface area (Å²) in [6.07, 6.45) is 0.647.